The van der Waals surface area contributed by atoms with Gasteiger partial charge in [-0.1, -0.05) is 12.1 Å². The smallest absolute Gasteiger partial charge is 0.218 e. The highest BCUT2D eigenvalue weighted by molar-refractivity contribution is 7.88. The molecule has 2 aromatic rings. The molecule has 2 N–H and O–H groups in total. The van der Waals surface area contributed by atoms with Crippen molar-refractivity contribution in [1.29, 1.82) is 0 Å². The first-order valence-corrected chi connectivity index (χ1v) is 5.61. The molecule has 0 saturated heterocycles. The van der Waals surface area contributed by atoms with Gasteiger partial charge in [-0.2, -0.15) is 0 Å². The van der Waals surface area contributed by atoms with E-state index >= 15 is 0 Å². The Hall–Kier alpha value is -1.40. The molecule has 14 heavy (non-hydrogen) atoms. The standard InChI is InChI=1S/C8H8N2O3S/c9-14(11,12)5-8-10-6-3-1-2-4-7(6)13-8/h1-4H,5H2,(H2,9,11,12). The molecule has 1 heterocycles. The van der Waals surface area contributed by atoms with Crippen molar-refractivity contribution in [2.24, 2.45) is 5.14 Å². The molecule has 0 spiro atoms. The van der Waals surface area contributed by atoms with Crippen LogP contribution in [0.25, 0.3) is 11.1 Å². The van der Waals surface area contributed by atoms with Gasteiger partial charge in [-0.15, -0.1) is 0 Å². The third-order valence-electron chi connectivity index (χ3n) is 1.66. The van der Waals surface area contributed by atoms with Gasteiger partial charge in [0, 0.05) is 0 Å². The maximum absolute atomic E-state index is 10.8. The van der Waals surface area contributed by atoms with E-state index in [1.807, 2.05) is 0 Å². The number of benzene rings is 1. The number of para-hydroxylation sites is 2. The topological polar surface area (TPSA) is 86.2 Å². The molecule has 0 aliphatic rings. The molecule has 0 atom stereocenters. The normalized spacial score (nSPS) is 12.1. The Morgan fingerprint density at radius 1 is 1.36 bits per heavy atom. The molecular weight excluding hydrogens is 204 g/mol. The van der Waals surface area contributed by atoms with Crippen LogP contribution >= 0.6 is 0 Å². The number of rotatable bonds is 2. The van der Waals surface area contributed by atoms with Crippen LogP contribution in [0.3, 0.4) is 0 Å². The van der Waals surface area contributed by atoms with E-state index in [2.05, 4.69) is 4.98 Å². The molecule has 74 valence electrons. The minimum Gasteiger partial charge on any atom is -0.440 e. The van der Waals surface area contributed by atoms with Crippen LogP contribution in [0.4, 0.5) is 0 Å². The van der Waals surface area contributed by atoms with Crippen molar-refractivity contribution in [3.63, 3.8) is 0 Å². The highest BCUT2D eigenvalue weighted by atomic mass is 32.2. The first-order chi connectivity index (χ1) is 6.54. The van der Waals surface area contributed by atoms with Gasteiger partial charge in [0.15, 0.2) is 5.58 Å². The molecule has 0 unspecified atom stereocenters. The van der Waals surface area contributed by atoms with E-state index in [1.54, 1.807) is 24.3 Å². The Bertz CT molecular complexity index is 526. The van der Waals surface area contributed by atoms with Crippen molar-refractivity contribution in [2.45, 2.75) is 5.75 Å². The summed E-state index contributed by atoms with van der Waals surface area (Å²) in [4.78, 5) is 3.97. The maximum atomic E-state index is 10.8. The van der Waals surface area contributed by atoms with E-state index in [1.165, 1.54) is 0 Å². The molecular formula is C8H8N2O3S. The van der Waals surface area contributed by atoms with E-state index in [0.29, 0.717) is 11.1 Å². The van der Waals surface area contributed by atoms with Gasteiger partial charge in [0.25, 0.3) is 0 Å². The lowest BCUT2D eigenvalue weighted by Gasteiger charge is -1.89. The largest absolute Gasteiger partial charge is 0.440 e. The number of oxazole rings is 1. The van der Waals surface area contributed by atoms with Gasteiger partial charge in [-0.05, 0) is 12.1 Å². The van der Waals surface area contributed by atoms with Gasteiger partial charge in [0.1, 0.15) is 11.3 Å². The second kappa shape index (κ2) is 3.07. The highest BCUT2D eigenvalue weighted by Gasteiger charge is 2.11. The van der Waals surface area contributed by atoms with Crippen LogP contribution in [0, 0.1) is 0 Å². The van der Waals surface area contributed by atoms with Crippen LogP contribution in [0.1, 0.15) is 5.89 Å². The number of hydrogen-bond acceptors (Lipinski definition) is 4. The third-order valence-corrected chi connectivity index (χ3v) is 2.31. The molecule has 0 radical (unpaired) electrons. The summed E-state index contributed by atoms with van der Waals surface area (Å²) in [5.41, 5.74) is 1.19. The highest BCUT2D eigenvalue weighted by Crippen LogP contribution is 2.15. The quantitative estimate of drug-likeness (QED) is 0.790. The number of nitrogens with two attached hydrogens (primary N) is 1. The summed E-state index contributed by atoms with van der Waals surface area (Å²) in [6.07, 6.45) is 0. The van der Waals surface area contributed by atoms with Crippen LogP contribution in [0.2, 0.25) is 0 Å². The summed E-state index contributed by atoms with van der Waals surface area (Å²) < 4.78 is 26.7. The lowest BCUT2D eigenvalue weighted by atomic mass is 10.3. The van der Waals surface area contributed by atoms with Gasteiger partial charge in [-0.25, -0.2) is 18.5 Å². The summed E-state index contributed by atoms with van der Waals surface area (Å²) in [6, 6.07) is 7.04. The van der Waals surface area contributed by atoms with Gasteiger partial charge >= 0.3 is 0 Å². The molecule has 0 amide bonds. The SMILES string of the molecule is NS(=O)(=O)Cc1nc2ccccc2o1. The van der Waals surface area contributed by atoms with E-state index in [-0.39, 0.29) is 11.6 Å². The fourth-order valence-electron chi connectivity index (χ4n) is 1.15. The Morgan fingerprint density at radius 3 is 2.71 bits per heavy atom. The molecule has 0 bridgehead atoms. The molecule has 0 aliphatic carbocycles. The van der Waals surface area contributed by atoms with Crippen LogP contribution in [-0.4, -0.2) is 13.4 Å². The number of sulfonamides is 1. The van der Waals surface area contributed by atoms with Crippen molar-refractivity contribution in [3.8, 4) is 0 Å². The van der Waals surface area contributed by atoms with Crippen molar-refractivity contribution in [3.05, 3.63) is 30.2 Å². The van der Waals surface area contributed by atoms with Gasteiger partial charge in [-0.3, -0.25) is 0 Å². The fourth-order valence-corrected chi connectivity index (χ4v) is 1.62. The first-order valence-electron chi connectivity index (χ1n) is 3.89. The lowest BCUT2D eigenvalue weighted by Crippen LogP contribution is -2.14. The fraction of sp³-hybridized carbons (Fsp3) is 0.125. The van der Waals surface area contributed by atoms with Gasteiger partial charge in [0.2, 0.25) is 15.9 Å². The van der Waals surface area contributed by atoms with Crippen molar-refractivity contribution < 1.29 is 12.8 Å². The molecule has 5 nitrogen and oxygen atoms in total. The number of aromatic nitrogens is 1. The summed E-state index contributed by atoms with van der Waals surface area (Å²) in [5.74, 6) is -0.254. The Balaban J connectivity index is 2.46. The Morgan fingerprint density at radius 2 is 2.07 bits per heavy atom. The van der Waals surface area contributed by atoms with Crippen molar-refractivity contribution >= 4 is 21.1 Å². The van der Waals surface area contributed by atoms with Crippen molar-refractivity contribution in [1.82, 2.24) is 4.98 Å². The summed E-state index contributed by atoms with van der Waals surface area (Å²) >= 11 is 0. The second-order valence-corrected chi connectivity index (χ2v) is 4.50. The van der Waals surface area contributed by atoms with Crippen LogP contribution in [0.5, 0.6) is 0 Å². The lowest BCUT2D eigenvalue weighted by molar-refractivity contribution is 0.540. The van der Waals surface area contributed by atoms with E-state index in [9.17, 15) is 8.42 Å². The van der Waals surface area contributed by atoms with Gasteiger partial charge in [0.05, 0.1) is 0 Å². The summed E-state index contributed by atoms with van der Waals surface area (Å²) in [6.45, 7) is 0. The first kappa shape index (κ1) is 9.17. The third kappa shape index (κ3) is 1.91. The summed E-state index contributed by atoms with van der Waals surface area (Å²) in [5, 5.41) is 4.86. The predicted molar refractivity (Wildman–Crippen MR) is 50.8 cm³/mol. The molecule has 1 aromatic carbocycles. The van der Waals surface area contributed by atoms with Crippen LogP contribution < -0.4 is 5.14 Å². The Kier molecular flexibility index (Phi) is 2.01. The average Bonchev–Trinajstić information content (AvgIpc) is 2.42. The monoisotopic (exact) mass is 212 g/mol. The molecule has 0 saturated carbocycles. The van der Waals surface area contributed by atoms with E-state index < -0.39 is 10.0 Å². The number of hydrogen-bond donors (Lipinski definition) is 1. The van der Waals surface area contributed by atoms with Crippen molar-refractivity contribution in [2.75, 3.05) is 0 Å². The number of nitrogens with zero attached hydrogens (tertiary/aromatic N) is 1. The summed E-state index contributed by atoms with van der Waals surface area (Å²) in [7, 11) is -3.58. The minimum atomic E-state index is -3.58. The van der Waals surface area contributed by atoms with E-state index in [4.69, 9.17) is 9.56 Å². The van der Waals surface area contributed by atoms with Crippen LogP contribution in [0.15, 0.2) is 28.7 Å². The molecule has 6 heteroatoms. The average molecular weight is 212 g/mol. The Labute approximate surface area is 80.6 Å². The van der Waals surface area contributed by atoms with Gasteiger partial charge < -0.3 is 4.42 Å². The number of primary sulfonamides is 1. The zero-order valence-corrected chi connectivity index (χ0v) is 7.99. The molecule has 0 fully saturated rings. The number of fused-ring (bicyclic) bond motifs is 1. The van der Waals surface area contributed by atoms with E-state index in [0.717, 1.165) is 0 Å². The zero-order chi connectivity index (χ0) is 10.2. The molecule has 1 aromatic heterocycles. The van der Waals surface area contributed by atoms with Crippen LogP contribution in [-0.2, 0) is 15.8 Å². The minimum absolute atomic E-state index is 0.119. The predicted octanol–water partition coefficient (Wildman–Crippen LogP) is 0.616. The second-order valence-electron chi connectivity index (χ2n) is 2.88. The molecule has 0 aliphatic heterocycles. The maximum Gasteiger partial charge on any atom is 0.218 e. The zero-order valence-electron chi connectivity index (χ0n) is 7.17. The molecule has 2 rings (SSSR count).